The maximum absolute atomic E-state index is 13.4. The largest absolute Gasteiger partial charge is 0.394 e. The fraction of sp³-hybridized carbons (Fsp3) is 0.776. The lowest BCUT2D eigenvalue weighted by molar-refractivity contribution is -0.379. The van der Waals surface area contributed by atoms with Crippen LogP contribution in [0.5, 0.6) is 0 Å². The minimum Gasteiger partial charge on any atom is -0.394 e. The molecule has 3 heterocycles. The van der Waals surface area contributed by atoms with E-state index in [-0.39, 0.29) is 18.9 Å². The average molecular weight is 1220 g/mol. The second kappa shape index (κ2) is 48.8. The van der Waals surface area contributed by atoms with Crippen LogP contribution in [0.2, 0.25) is 0 Å². The van der Waals surface area contributed by atoms with Crippen LogP contribution in [0.3, 0.4) is 0 Å². The van der Waals surface area contributed by atoms with Gasteiger partial charge in [0, 0.05) is 6.42 Å². The average Bonchev–Trinajstić information content (AvgIpc) is 2.21. The van der Waals surface area contributed by atoms with Crippen LogP contribution in [0, 0.1) is 0 Å². The van der Waals surface area contributed by atoms with Crippen LogP contribution in [-0.4, -0.2) is 193 Å². The van der Waals surface area contributed by atoms with Crippen LogP contribution in [0.15, 0.2) is 85.1 Å². The van der Waals surface area contributed by atoms with E-state index in [1.165, 1.54) is 77.0 Å². The topological polar surface area (TPSA) is 307 Å². The van der Waals surface area contributed by atoms with Crippen molar-refractivity contribution in [2.45, 2.75) is 304 Å². The lowest BCUT2D eigenvalue weighted by Gasteiger charge is -2.48. The molecule has 17 unspecified atom stereocenters. The SMILES string of the molecule is CC/C=C\C/C=C\C/C=C\C/C=C\CCCCCCCCCCC(=O)NC(COC1OC(CO)C(OC2OC(CO)C(OC3OC(CO)C(O)C(O)C3O)C(O)C2O)C(O)C1O)C(O)/C=C/CC/C=C/CC/C=C/CCCCCCCCCCCC. The molecule has 0 aromatic rings. The van der Waals surface area contributed by atoms with Gasteiger partial charge in [0.2, 0.25) is 5.91 Å². The fourth-order valence-corrected chi connectivity index (χ4v) is 10.6. The number of aliphatic hydroxyl groups excluding tert-OH is 11. The molecular weight excluding hydrogens is 1110 g/mol. The first-order valence-electron chi connectivity index (χ1n) is 32.8. The first kappa shape index (κ1) is 77.2. The number of hydrogen-bond acceptors (Lipinski definition) is 18. The number of nitrogens with one attached hydrogen (secondary N) is 1. The fourth-order valence-electron chi connectivity index (χ4n) is 10.6. The van der Waals surface area contributed by atoms with Crippen molar-refractivity contribution in [1.29, 1.82) is 0 Å². The van der Waals surface area contributed by atoms with Gasteiger partial charge >= 0.3 is 0 Å². The van der Waals surface area contributed by atoms with Gasteiger partial charge in [-0.25, -0.2) is 0 Å². The van der Waals surface area contributed by atoms with E-state index >= 15 is 0 Å². The molecule has 3 aliphatic heterocycles. The first-order chi connectivity index (χ1) is 41.8. The number of amides is 1. The third-order valence-electron chi connectivity index (χ3n) is 15.9. The smallest absolute Gasteiger partial charge is 0.220 e. The number of aliphatic hydroxyl groups is 11. The van der Waals surface area contributed by atoms with E-state index in [9.17, 15) is 61.0 Å². The van der Waals surface area contributed by atoms with E-state index in [1.807, 2.05) is 6.08 Å². The standard InChI is InChI=1S/C67H115NO18/c1-3-5-7-9-11-13-15-17-19-21-23-25-27-29-31-33-35-37-39-41-43-45-55(73)68-50(51(72)44-42-40-38-36-34-32-30-28-26-24-22-20-18-16-14-12-10-8-6-4-2)49-81-65-61(79)58(76)63(53(47-70)83-65)86-67-62(80)59(77)64(54(48-71)84-67)85-66-60(78)57(75)56(74)52(46-69)82-66/h5,7,11,13,17,19,23,25-26,28,34,36,42,44,50-54,56-67,69-72,74-80H,3-4,6,8-10,12,14-16,18,20-22,24,27,29-33,35,37-41,43,45-49H2,1-2H3,(H,68,73)/b7-5-,13-11-,19-17-,25-23-,28-26+,36-34+,44-42+. The van der Waals surface area contributed by atoms with Crippen molar-refractivity contribution in [3.8, 4) is 0 Å². The third kappa shape index (κ3) is 31.1. The minimum absolute atomic E-state index is 0.218. The predicted octanol–water partition coefficient (Wildman–Crippen LogP) is 7.54. The highest BCUT2D eigenvalue weighted by Gasteiger charge is 2.53. The second-order valence-corrected chi connectivity index (χ2v) is 23.2. The number of allylic oxidation sites excluding steroid dienone is 13. The summed E-state index contributed by atoms with van der Waals surface area (Å²) in [4.78, 5) is 13.4. The molecule has 3 aliphatic rings. The summed E-state index contributed by atoms with van der Waals surface area (Å²) in [6.45, 7) is 1.57. The highest BCUT2D eigenvalue weighted by molar-refractivity contribution is 5.76. The van der Waals surface area contributed by atoms with Gasteiger partial charge in [0.15, 0.2) is 18.9 Å². The lowest BCUT2D eigenvalue weighted by atomic mass is 9.96. The molecule has 12 N–H and O–H groups in total. The van der Waals surface area contributed by atoms with E-state index in [4.69, 9.17) is 28.4 Å². The highest BCUT2D eigenvalue weighted by atomic mass is 16.8. The van der Waals surface area contributed by atoms with E-state index in [0.29, 0.717) is 12.8 Å². The molecule has 19 nitrogen and oxygen atoms in total. The highest BCUT2D eigenvalue weighted by Crippen LogP contribution is 2.33. The zero-order valence-electron chi connectivity index (χ0n) is 52.0. The number of carbonyl (C=O) groups excluding carboxylic acids is 1. The van der Waals surface area contributed by atoms with Gasteiger partial charge < -0.3 is 89.9 Å². The molecule has 0 spiro atoms. The summed E-state index contributed by atoms with van der Waals surface area (Å²) < 4.78 is 34.3. The number of unbranched alkanes of at least 4 members (excludes halogenated alkanes) is 20. The number of hydrogen-bond donors (Lipinski definition) is 12. The molecule has 0 bridgehead atoms. The molecule has 0 aliphatic carbocycles. The zero-order chi connectivity index (χ0) is 62.6. The van der Waals surface area contributed by atoms with E-state index < -0.39 is 124 Å². The summed E-state index contributed by atoms with van der Waals surface area (Å²) in [5, 5.41) is 120. The molecular formula is C67H115NO18. The van der Waals surface area contributed by atoms with Crippen molar-refractivity contribution in [1.82, 2.24) is 5.32 Å². The van der Waals surface area contributed by atoms with Gasteiger partial charge in [0.1, 0.15) is 73.2 Å². The van der Waals surface area contributed by atoms with E-state index in [0.717, 1.165) is 89.9 Å². The normalized spacial score (nSPS) is 29.3. The molecule has 0 saturated carbocycles. The van der Waals surface area contributed by atoms with Gasteiger partial charge in [-0.05, 0) is 83.5 Å². The quantitative estimate of drug-likeness (QED) is 0.0207. The van der Waals surface area contributed by atoms with Gasteiger partial charge in [-0.3, -0.25) is 4.79 Å². The summed E-state index contributed by atoms with van der Waals surface area (Å²) in [7, 11) is 0. The summed E-state index contributed by atoms with van der Waals surface area (Å²) in [6.07, 6.45) is 34.1. The Kier molecular flexibility index (Phi) is 43.8. The Labute approximate surface area is 514 Å². The van der Waals surface area contributed by atoms with Crippen molar-refractivity contribution in [3.05, 3.63) is 85.1 Å². The van der Waals surface area contributed by atoms with Crippen LogP contribution in [-0.2, 0) is 33.2 Å². The van der Waals surface area contributed by atoms with Crippen molar-refractivity contribution in [3.63, 3.8) is 0 Å². The molecule has 3 fully saturated rings. The third-order valence-corrected chi connectivity index (χ3v) is 15.9. The molecule has 86 heavy (non-hydrogen) atoms. The van der Waals surface area contributed by atoms with E-state index in [1.54, 1.807) is 6.08 Å². The Balaban J connectivity index is 1.49. The maximum atomic E-state index is 13.4. The van der Waals surface area contributed by atoms with Crippen molar-refractivity contribution in [2.24, 2.45) is 0 Å². The Morgan fingerprint density at radius 1 is 0.430 bits per heavy atom. The van der Waals surface area contributed by atoms with Gasteiger partial charge in [-0.15, -0.1) is 0 Å². The van der Waals surface area contributed by atoms with Crippen LogP contribution in [0.25, 0.3) is 0 Å². The van der Waals surface area contributed by atoms with Gasteiger partial charge in [-0.1, -0.05) is 195 Å². The van der Waals surface area contributed by atoms with Gasteiger partial charge in [0.25, 0.3) is 0 Å². The Hall–Kier alpha value is -3.03. The van der Waals surface area contributed by atoms with Crippen LogP contribution >= 0.6 is 0 Å². The monoisotopic (exact) mass is 1220 g/mol. The molecule has 3 saturated heterocycles. The Bertz CT molecular complexity index is 1890. The number of ether oxygens (including phenoxy) is 6. The predicted molar refractivity (Wildman–Crippen MR) is 332 cm³/mol. The number of carbonyl (C=O) groups is 1. The van der Waals surface area contributed by atoms with E-state index in [2.05, 4.69) is 92.1 Å². The molecule has 1 amide bonds. The van der Waals surface area contributed by atoms with Crippen LogP contribution < -0.4 is 5.32 Å². The van der Waals surface area contributed by atoms with Crippen molar-refractivity contribution < 1.29 is 89.4 Å². The lowest BCUT2D eigenvalue weighted by Crippen LogP contribution is -2.66. The summed E-state index contributed by atoms with van der Waals surface area (Å²) in [5.74, 6) is -0.301. The Morgan fingerprint density at radius 3 is 1.30 bits per heavy atom. The summed E-state index contributed by atoms with van der Waals surface area (Å²) >= 11 is 0. The molecule has 19 heteroatoms. The van der Waals surface area contributed by atoms with Crippen LogP contribution in [0.1, 0.15) is 200 Å². The number of rotatable bonds is 48. The summed E-state index contributed by atoms with van der Waals surface area (Å²) in [5.41, 5.74) is 0. The van der Waals surface area contributed by atoms with Gasteiger partial charge in [-0.2, -0.15) is 0 Å². The first-order valence-corrected chi connectivity index (χ1v) is 32.8. The van der Waals surface area contributed by atoms with Gasteiger partial charge in [0.05, 0.1) is 38.6 Å². The minimum atomic E-state index is -1.99. The Morgan fingerprint density at radius 2 is 0.814 bits per heavy atom. The van der Waals surface area contributed by atoms with Crippen LogP contribution in [0.4, 0.5) is 0 Å². The molecule has 0 aromatic heterocycles. The summed E-state index contributed by atoms with van der Waals surface area (Å²) in [6, 6.07) is -1.01. The molecule has 0 aromatic carbocycles. The molecule has 496 valence electrons. The maximum Gasteiger partial charge on any atom is 0.220 e. The van der Waals surface area contributed by atoms with Crippen molar-refractivity contribution >= 4 is 5.91 Å². The second-order valence-electron chi connectivity index (χ2n) is 23.2. The van der Waals surface area contributed by atoms with Crippen molar-refractivity contribution in [2.75, 3.05) is 26.4 Å². The molecule has 3 rings (SSSR count). The molecule has 17 atom stereocenters. The zero-order valence-corrected chi connectivity index (χ0v) is 52.0. The molecule has 0 radical (unpaired) electrons.